The summed E-state index contributed by atoms with van der Waals surface area (Å²) < 4.78 is 0. The molecule has 4 heteroatoms. The number of aromatic nitrogens is 1. The van der Waals surface area contributed by atoms with E-state index in [1.807, 2.05) is 20.8 Å². The van der Waals surface area contributed by atoms with E-state index < -0.39 is 5.41 Å². The molecule has 0 aliphatic carbocycles. The van der Waals surface area contributed by atoms with E-state index in [9.17, 15) is 4.79 Å². The molecule has 0 radical (unpaired) electrons. The lowest BCUT2D eigenvalue weighted by Crippen LogP contribution is -2.27. The van der Waals surface area contributed by atoms with Gasteiger partial charge >= 0.3 is 0 Å². The summed E-state index contributed by atoms with van der Waals surface area (Å²) in [6.07, 6.45) is 3.11. The summed E-state index contributed by atoms with van der Waals surface area (Å²) in [6, 6.07) is 1.64. The van der Waals surface area contributed by atoms with Crippen LogP contribution in [0.2, 0.25) is 5.02 Å². The number of carbonyl (C=O) groups excluding carboxylic acids is 1. The summed E-state index contributed by atoms with van der Waals surface area (Å²) in [5, 5.41) is 3.21. The molecule has 0 aliphatic heterocycles. The summed E-state index contributed by atoms with van der Waals surface area (Å²) in [5.41, 5.74) is 0.119. The van der Waals surface area contributed by atoms with Crippen molar-refractivity contribution < 1.29 is 4.79 Å². The molecule has 0 saturated carbocycles. The fourth-order valence-corrected chi connectivity index (χ4v) is 0.932. The third kappa shape index (κ3) is 2.70. The number of rotatable bonds is 1. The molecule has 0 fully saturated rings. The Morgan fingerprint density at radius 1 is 1.50 bits per heavy atom. The normalized spacial score (nSPS) is 11.1. The van der Waals surface area contributed by atoms with Gasteiger partial charge in [0.05, 0.1) is 16.9 Å². The Morgan fingerprint density at radius 2 is 2.14 bits per heavy atom. The topological polar surface area (TPSA) is 42.0 Å². The quantitative estimate of drug-likeness (QED) is 0.778. The fourth-order valence-electron chi connectivity index (χ4n) is 0.779. The van der Waals surface area contributed by atoms with E-state index in [1.54, 1.807) is 12.3 Å². The summed E-state index contributed by atoms with van der Waals surface area (Å²) in [5.74, 6) is -0.0765. The molecule has 1 rings (SSSR count). The average Bonchev–Trinajstić information content (AvgIpc) is 2.07. The second-order valence-electron chi connectivity index (χ2n) is 4.06. The van der Waals surface area contributed by atoms with Crippen LogP contribution in [-0.2, 0) is 4.79 Å². The van der Waals surface area contributed by atoms with Crippen molar-refractivity contribution in [3.63, 3.8) is 0 Å². The van der Waals surface area contributed by atoms with E-state index in [2.05, 4.69) is 10.3 Å². The second kappa shape index (κ2) is 3.96. The minimum atomic E-state index is -0.431. The maximum Gasteiger partial charge on any atom is 0.229 e. The van der Waals surface area contributed by atoms with E-state index in [0.717, 1.165) is 0 Å². The Hall–Kier alpha value is -1.09. The van der Waals surface area contributed by atoms with Crippen molar-refractivity contribution in [1.82, 2.24) is 4.98 Å². The van der Waals surface area contributed by atoms with Crippen LogP contribution in [0.15, 0.2) is 18.5 Å². The maximum absolute atomic E-state index is 11.6. The Balaban J connectivity index is 2.80. The minimum absolute atomic E-state index is 0.0765. The molecule has 0 bridgehead atoms. The number of hydrogen-bond acceptors (Lipinski definition) is 2. The van der Waals surface area contributed by atoms with Gasteiger partial charge in [0.1, 0.15) is 0 Å². The van der Waals surface area contributed by atoms with Crippen molar-refractivity contribution in [3.8, 4) is 0 Å². The lowest BCUT2D eigenvalue weighted by atomic mass is 9.96. The van der Waals surface area contributed by atoms with Crippen molar-refractivity contribution in [2.45, 2.75) is 20.8 Å². The van der Waals surface area contributed by atoms with Gasteiger partial charge in [-0.25, -0.2) is 0 Å². The van der Waals surface area contributed by atoms with Gasteiger partial charge in [-0.2, -0.15) is 0 Å². The molecule has 1 aromatic rings. The van der Waals surface area contributed by atoms with Crippen LogP contribution in [-0.4, -0.2) is 10.9 Å². The standard InChI is InChI=1S/C10H13ClN2O/c1-10(2,3)9(14)13-8-6-12-5-4-7(8)11/h4-6H,1-3H3,(H,13,14). The highest BCUT2D eigenvalue weighted by molar-refractivity contribution is 6.33. The average molecular weight is 213 g/mol. The van der Waals surface area contributed by atoms with Gasteiger partial charge in [0.25, 0.3) is 0 Å². The number of nitrogens with one attached hydrogen (secondary N) is 1. The van der Waals surface area contributed by atoms with Crippen LogP contribution in [0.4, 0.5) is 5.69 Å². The lowest BCUT2D eigenvalue weighted by Gasteiger charge is -2.17. The van der Waals surface area contributed by atoms with E-state index >= 15 is 0 Å². The zero-order chi connectivity index (χ0) is 10.8. The lowest BCUT2D eigenvalue weighted by molar-refractivity contribution is -0.123. The van der Waals surface area contributed by atoms with E-state index in [-0.39, 0.29) is 5.91 Å². The molecule has 1 aromatic heterocycles. The molecule has 0 spiro atoms. The second-order valence-corrected chi connectivity index (χ2v) is 4.47. The van der Waals surface area contributed by atoms with Crippen LogP contribution >= 0.6 is 11.6 Å². The smallest absolute Gasteiger partial charge is 0.229 e. The molecule has 3 nitrogen and oxygen atoms in total. The first kappa shape index (κ1) is 11.0. The number of carbonyl (C=O) groups is 1. The molecule has 0 aliphatic rings. The van der Waals surface area contributed by atoms with E-state index in [0.29, 0.717) is 10.7 Å². The molecule has 1 heterocycles. The third-order valence-corrected chi connectivity index (χ3v) is 2.03. The van der Waals surface area contributed by atoms with Gasteiger partial charge in [-0.15, -0.1) is 0 Å². The Kier molecular flexibility index (Phi) is 3.11. The fraction of sp³-hybridized carbons (Fsp3) is 0.400. The monoisotopic (exact) mass is 212 g/mol. The highest BCUT2D eigenvalue weighted by Crippen LogP contribution is 2.22. The van der Waals surface area contributed by atoms with Crippen molar-refractivity contribution in [1.29, 1.82) is 0 Å². The molecule has 0 unspecified atom stereocenters. The van der Waals surface area contributed by atoms with Crippen LogP contribution < -0.4 is 5.32 Å². The van der Waals surface area contributed by atoms with Crippen molar-refractivity contribution in [2.75, 3.05) is 5.32 Å². The summed E-state index contributed by atoms with van der Waals surface area (Å²) in [4.78, 5) is 15.5. The Morgan fingerprint density at radius 3 is 2.64 bits per heavy atom. The Labute approximate surface area is 88.5 Å². The number of anilines is 1. The van der Waals surface area contributed by atoms with Gasteiger partial charge in [-0.05, 0) is 6.07 Å². The molecule has 1 amide bonds. The minimum Gasteiger partial charge on any atom is -0.323 e. The Bertz CT molecular complexity index is 344. The molecule has 1 N–H and O–H groups in total. The van der Waals surface area contributed by atoms with Crippen molar-refractivity contribution in [2.24, 2.45) is 5.41 Å². The molecule has 0 saturated heterocycles. The molecule has 14 heavy (non-hydrogen) atoms. The zero-order valence-electron chi connectivity index (χ0n) is 8.47. The molecule has 0 aromatic carbocycles. The molecular formula is C10H13ClN2O. The number of halogens is 1. The predicted octanol–water partition coefficient (Wildman–Crippen LogP) is 2.72. The van der Waals surface area contributed by atoms with Gasteiger partial charge in [0.2, 0.25) is 5.91 Å². The molecule has 76 valence electrons. The van der Waals surface area contributed by atoms with E-state index in [1.165, 1.54) is 6.20 Å². The van der Waals surface area contributed by atoms with Crippen LogP contribution in [0.1, 0.15) is 20.8 Å². The maximum atomic E-state index is 11.6. The number of pyridine rings is 1. The largest absolute Gasteiger partial charge is 0.323 e. The molecule has 0 atom stereocenters. The summed E-state index contributed by atoms with van der Waals surface area (Å²) >= 11 is 5.86. The highest BCUT2D eigenvalue weighted by Gasteiger charge is 2.21. The SMILES string of the molecule is CC(C)(C)C(=O)Nc1cnccc1Cl. The van der Waals surface area contributed by atoms with Gasteiger partial charge in [-0.1, -0.05) is 32.4 Å². The van der Waals surface area contributed by atoms with Gasteiger partial charge < -0.3 is 5.32 Å². The van der Waals surface area contributed by atoms with Crippen LogP contribution in [0.5, 0.6) is 0 Å². The van der Waals surface area contributed by atoms with Gasteiger partial charge in [0.15, 0.2) is 0 Å². The van der Waals surface area contributed by atoms with Crippen molar-refractivity contribution >= 4 is 23.2 Å². The van der Waals surface area contributed by atoms with Crippen LogP contribution in [0.3, 0.4) is 0 Å². The zero-order valence-corrected chi connectivity index (χ0v) is 9.22. The van der Waals surface area contributed by atoms with Gasteiger partial charge in [0, 0.05) is 11.6 Å². The number of nitrogens with zero attached hydrogens (tertiary/aromatic N) is 1. The molecular weight excluding hydrogens is 200 g/mol. The van der Waals surface area contributed by atoms with E-state index in [4.69, 9.17) is 11.6 Å². The third-order valence-electron chi connectivity index (χ3n) is 1.70. The van der Waals surface area contributed by atoms with Crippen molar-refractivity contribution in [3.05, 3.63) is 23.5 Å². The first-order chi connectivity index (χ1) is 6.41. The number of amides is 1. The first-order valence-electron chi connectivity index (χ1n) is 4.32. The summed E-state index contributed by atoms with van der Waals surface area (Å²) in [6.45, 7) is 5.52. The first-order valence-corrected chi connectivity index (χ1v) is 4.70. The van der Waals surface area contributed by atoms with Crippen LogP contribution in [0, 0.1) is 5.41 Å². The van der Waals surface area contributed by atoms with Gasteiger partial charge in [-0.3, -0.25) is 9.78 Å². The number of hydrogen-bond donors (Lipinski definition) is 1. The highest BCUT2D eigenvalue weighted by atomic mass is 35.5. The van der Waals surface area contributed by atoms with Crippen LogP contribution in [0.25, 0.3) is 0 Å². The predicted molar refractivity (Wildman–Crippen MR) is 57.3 cm³/mol. The summed E-state index contributed by atoms with van der Waals surface area (Å²) in [7, 11) is 0.